The Morgan fingerprint density at radius 1 is 0.971 bits per heavy atom. The summed E-state index contributed by atoms with van der Waals surface area (Å²) in [6.07, 6.45) is 1.93. The van der Waals surface area contributed by atoms with Crippen molar-refractivity contribution < 1.29 is 24.2 Å². The third-order valence-electron chi connectivity index (χ3n) is 7.02. The van der Waals surface area contributed by atoms with E-state index >= 15 is 0 Å². The zero-order valence-corrected chi connectivity index (χ0v) is 19.6. The molecule has 2 atom stereocenters. The van der Waals surface area contributed by atoms with Crippen LogP contribution in [0, 0.1) is 11.8 Å². The van der Waals surface area contributed by atoms with Crippen LogP contribution < -0.4 is 10.6 Å². The molecule has 180 valence electrons. The van der Waals surface area contributed by atoms with Gasteiger partial charge in [-0.3, -0.25) is 9.59 Å². The lowest BCUT2D eigenvalue weighted by atomic mass is 9.75. The van der Waals surface area contributed by atoms with Crippen LogP contribution in [0.3, 0.4) is 0 Å². The fourth-order valence-electron chi connectivity index (χ4n) is 5.06. The fourth-order valence-corrected chi connectivity index (χ4v) is 5.06. The second-order valence-corrected chi connectivity index (χ2v) is 9.59. The lowest BCUT2D eigenvalue weighted by molar-refractivity contribution is -0.140. The van der Waals surface area contributed by atoms with Gasteiger partial charge in [0.05, 0.1) is 6.42 Å². The van der Waals surface area contributed by atoms with Gasteiger partial charge >= 0.3 is 12.1 Å². The fraction of sp³-hybridized carbons (Fsp3) is 0.444. The molecule has 0 aromatic heterocycles. The van der Waals surface area contributed by atoms with Crippen LogP contribution in [0.2, 0.25) is 0 Å². The molecule has 0 radical (unpaired) electrons. The third kappa shape index (κ3) is 5.08. The number of ether oxygens (including phenoxy) is 1. The zero-order valence-electron chi connectivity index (χ0n) is 19.6. The summed E-state index contributed by atoms with van der Waals surface area (Å²) in [4.78, 5) is 36.9. The third-order valence-corrected chi connectivity index (χ3v) is 7.02. The SMILES string of the molecule is CC(C)C(NC(=O)C(CC(=O)O)NC(=O)OCC1c2ccccc2-c2ccccc21)C1CCC1. The van der Waals surface area contributed by atoms with Crippen molar-refractivity contribution in [2.45, 2.75) is 57.5 Å². The van der Waals surface area contributed by atoms with E-state index in [1.165, 1.54) is 0 Å². The molecule has 4 rings (SSSR count). The smallest absolute Gasteiger partial charge is 0.407 e. The van der Waals surface area contributed by atoms with Gasteiger partial charge in [0.2, 0.25) is 5.91 Å². The molecule has 1 saturated carbocycles. The first kappa shape index (κ1) is 23.8. The number of rotatable bonds is 9. The van der Waals surface area contributed by atoms with Gasteiger partial charge < -0.3 is 20.5 Å². The van der Waals surface area contributed by atoms with Crippen molar-refractivity contribution in [2.75, 3.05) is 6.61 Å². The minimum atomic E-state index is -1.20. The van der Waals surface area contributed by atoms with E-state index in [0.29, 0.717) is 5.92 Å². The molecule has 0 saturated heterocycles. The summed E-state index contributed by atoms with van der Waals surface area (Å²) in [7, 11) is 0. The van der Waals surface area contributed by atoms with E-state index < -0.39 is 30.4 Å². The maximum Gasteiger partial charge on any atom is 0.407 e. The number of fused-ring (bicyclic) bond motifs is 3. The molecule has 0 heterocycles. The Morgan fingerprint density at radius 3 is 2.06 bits per heavy atom. The van der Waals surface area contributed by atoms with Crippen LogP contribution >= 0.6 is 0 Å². The number of aliphatic carboxylic acids is 1. The molecular formula is C27H32N2O5. The van der Waals surface area contributed by atoms with Crippen LogP contribution in [0.4, 0.5) is 4.79 Å². The highest BCUT2D eigenvalue weighted by atomic mass is 16.5. The largest absolute Gasteiger partial charge is 0.481 e. The Hall–Kier alpha value is -3.35. The van der Waals surface area contributed by atoms with Crippen LogP contribution in [0.1, 0.15) is 56.6 Å². The van der Waals surface area contributed by atoms with Crippen molar-refractivity contribution in [2.24, 2.45) is 11.8 Å². The molecular weight excluding hydrogens is 432 g/mol. The molecule has 2 amide bonds. The molecule has 0 spiro atoms. The Balaban J connectivity index is 1.41. The molecule has 34 heavy (non-hydrogen) atoms. The molecule has 7 nitrogen and oxygen atoms in total. The summed E-state index contributed by atoms with van der Waals surface area (Å²) in [6.45, 7) is 4.17. The molecule has 2 aliphatic rings. The highest BCUT2D eigenvalue weighted by Gasteiger charge is 2.34. The number of carboxylic acids is 1. The van der Waals surface area contributed by atoms with Gasteiger partial charge in [-0.1, -0.05) is 68.8 Å². The molecule has 2 aromatic carbocycles. The summed E-state index contributed by atoms with van der Waals surface area (Å²) >= 11 is 0. The summed E-state index contributed by atoms with van der Waals surface area (Å²) in [5, 5.41) is 14.8. The van der Waals surface area contributed by atoms with E-state index in [-0.39, 0.29) is 24.5 Å². The Labute approximate surface area is 199 Å². The summed E-state index contributed by atoms with van der Waals surface area (Å²) in [5.74, 6) is -1.16. The summed E-state index contributed by atoms with van der Waals surface area (Å²) < 4.78 is 5.51. The van der Waals surface area contributed by atoms with Crippen LogP contribution in [0.5, 0.6) is 0 Å². The van der Waals surface area contributed by atoms with Crippen molar-refractivity contribution in [1.29, 1.82) is 0 Å². The molecule has 2 aliphatic carbocycles. The number of alkyl carbamates (subject to hydrolysis) is 1. The maximum atomic E-state index is 12.9. The van der Waals surface area contributed by atoms with Gasteiger partial charge in [0.1, 0.15) is 12.6 Å². The number of hydrogen-bond acceptors (Lipinski definition) is 4. The van der Waals surface area contributed by atoms with Crippen molar-refractivity contribution in [3.05, 3.63) is 59.7 Å². The van der Waals surface area contributed by atoms with Gasteiger partial charge in [-0.15, -0.1) is 0 Å². The standard InChI is InChI=1S/C27H32N2O5/c1-16(2)25(17-8-7-9-17)29-26(32)23(14-24(30)31)28-27(33)34-15-22-20-12-5-3-10-18(20)19-11-4-6-13-21(19)22/h3-6,10-13,16-17,22-23,25H,7-9,14-15H2,1-2H3,(H,28,33)(H,29,32)(H,30,31). The first-order chi connectivity index (χ1) is 16.3. The van der Waals surface area contributed by atoms with Crippen molar-refractivity contribution >= 4 is 18.0 Å². The maximum absolute atomic E-state index is 12.9. The summed E-state index contributed by atoms with van der Waals surface area (Å²) in [6, 6.07) is 14.8. The lowest BCUT2D eigenvalue weighted by Crippen LogP contribution is -2.54. The van der Waals surface area contributed by atoms with E-state index in [0.717, 1.165) is 41.5 Å². The minimum Gasteiger partial charge on any atom is -0.481 e. The number of hydrogen-bond donors (Lipinski definition) is 3. The zero-order chi connectivity index (χ0) is 24.2. The van der Waals surface area contributed by atoms with E-state index in [2.05, 4.69) is 22.8 Å². The van der Waals surface area contributed by atoms with Crippen molar-refractivity contribution in [1.82, 2.24) is 10.6 Å². The minimum absolute atomic E-state index is 0.0399. The summed E-state index contributed by atoms with van der Waals surface area (Å²) in [5.41, 5.74) is 4.39. The quantitative estimate of drug-likeness (QED) is 0.513. The van der Waals surface area contributed by atoms with Crippen molar-refractivity contribution in [3.8, 4) is 11.1 Å². The number of carbonyl (C=O) groups excluding carboxylic acids is 2. The second kappa shape index (κ2) is 10.3. The first-order valence-corrected chi connectivity index (χ1v) is 12.0. The molecule has 1 fully saturated rings. The Morgan fingerprint density at radius 2 is 1.56 bits per heavy atom. The molecule has 0 bridgehead atoms. The highest BCUT2D eigenvalue weighted by Crippen LogP contribution is 2.44. The highest BCUT2D eigenvalue weighted by molar-refractivity contribution is 5.89. The molecule has 2 aromatic rings. The van der Waals surface area contributed by atoms with Crippen LogP contribution in [0.25, 0.3) is 11.1 Å². The van der Waals surface area contributed by atoms with Gasteiger partial charge in [-0.05, 0) is 46.9 Å². The average molecular weight is 465 g/mol. The normalized spacial score (nSPS) is 16.7. The average Bonchev–Trinajstić information content (AvgIpc) is 3.09. The van der Waals surface area contributed by atoms with Gasteiger partial charge in [-0.25, -0.2) is 4.79 Å². The molecule has 0 aliphatic heterocycles. The van der Waals surface area contributed by atoms with E-state index in [4.69, 9.17) is 4.74 Å². The number of nitrogens with one attached hydrogen (secondary N) is 2. The lowest BCUT2D eigenvalue weighted by Gasteiger charge is -2.37. The van der Waals surface area contributed by atoms with Gasteiger partial charge in [0.15, 0.2) is 0 Å². The number of benzene rings is 2. The first-order valence-electron chi connectivity index (χ1n) is 12.0. The predicted molar refractivity (Wildman–Crippen MR) is 128 cm³/mol. The van der Waals surface area contributed by atoms with E-state index in [1.54, 1.807) is 0 Å². The Bertz CT molecular complexity index is 1020. The van der Waals surface area contributed by atoms with Crippen molar-refractivity contribution in [3.63, 3.8) is 0 Å². The predicted octanol–water partition coefficient (Wildman–Crippen LogP) is 4.31. The number of carboxylic acid groups (broad SMARTS) is 1. The van der Waals surface area contributed by atoms with E-state index in [9.17, 15) is 19.5 Å². The van der Waals surface area contributed by atoms with Gasteiger partial charge in [0, 0.05) is 12.0 Å². The number of amides is 2. The monoisotopic (exact) mass is 464 g/mol. The molecule has 7 heteroatoms. The van der Waals surface area contributed by atoms with Crippen LogP contribution in [0.15, 0.2) is 48.5 Å². The van der Waals surface area contributed by atoms with Crippen LogP contribution in [-0.2, 0) is 14.3 Å². The Kier molecular flexibility index (Phi) is 7.20. The molecule has 3 N–H and O–H groups in total. The van der Waals surface area contributed by atoms with Gasteiger partial charge in [0.25, 0.3) is 0 Å². The van der Waals surface area contributed by atoms with Gasteiger partial charge in [-0.2, -0.15) is 0 Å². The number of carbonyl (C=O) groups is 3. The second-order valence-electron chi connectivity index (χ2n) is 9.59. The van der Waals surface area contributed by atoms with E-state index in [1.807, 2.05) is 50.2 Å². The van der Waals surface area contributed by atoms with Crippen LogP contribution in [-0.4, -0.2) is 41.8 Å². The topological polar surface area (TPSA) is 105 Å². The molecule has 2 unspecified atom stereocenters.